The zero-order valence-corrected chi connectivity index (χ0v) is 20.6. The van der Waals surface area contributed by atoms with Crippen LogP contribution < -0.4 is 21.3 Å². The largest absolute Gasteiger partial charge is 0.493 e. The second-order valence-electron chi connectivity index (χ2n) is 9.12. The Balaban J connectivity index is 1.34. The summed E-state index contributed by atoms with van der Waals surface area (Å²) in [6.45, 7) is 0.677. The molecule has 15 heteroatoms. The van der Waals surface area contributed by atoms with Crippen molar-refractivity contribution in [2.75, 3.05) is 31.1 Å². The van der Waals surface area contributed by atoms with Gasteiger partial charge in [0.05, 0.1) is 12.2 Å². The fourth-order valence-electron chi connectivity index (χ4n) is 4.33. The quantitative estimate of drug-likeness (QED) is 0.316. The van der Waals surface area contributed by atoms with Gasteiger partial charge in [0.1, 0.15) is 28.0 Å². The summed E-state index contributed by atoms with van der Waals surface area (Å²) in [4.78, 5) is 27.1. The zero-order chi connectivity index (χ0) is 26.6. The second-order valence-corrected chi connectivity index (χ2v) is 11.0. The van der Waals surface area contributed by atoms with E-state index in [0.29, 0.717) is 28.2 Å². The number of anilines is 1. The molecule has 4 aromatic rings. The van der Waals surface area contributed by atoms with Crippen LogP contribution in [-0.2, 0) is 10.0 Å². The lowest BCUT2D eigenvalue weighted by Gasteiger charge is -2.34. The molecule has 38 heavy (non-hydrogen) atoms. The molecule has 0 amide bonds. The minimum atomic E-state index is -4.15. The molecule has 1 aliphatic heterocycles. The SMILES string of the molecule is O=c1[nH]c(O)c(/C=c2/cnn3c(=NC4CC4)cc(N4CCN(S(=O)(=O)c5ccc(F)cc5F)CC4)nc23)[nH]1. The summed E-state index contributed by atoms with van der Waals surface area (Å²) in [7, 11) is -4.15. The van der Waals surface area contributed by atoms with E-state index in [2.05, 4.69) is 15.1 Å². The molecule has 3 N–H and O–H groups in total. The standard InChI is InChI=1S/C23H22F2N8O4S/c24-14-1-4-18(16(25)10-14)38(36,37)32-7-5-31(6-8-32)19-11-20(27-15-2-3-15)33-21(29-19)13(12-26-33)9-17-22(34)30-23(35)28-17/h1,4,9-12,15,34H,2-3,5-8H2,(H2,28,30,35)/b13-9-,27-20?. The van der Waals surface area contributed by atoms with Gasteiger partial charge >= 0.3 is 5.69 Å². The first kappa shape index (κ1) is 24.2. The van der Waals surface area contributed by atoms with Crippen molar-refractivity contribution >= 4 is 27.6 Å². The topological polar surface area (TPSA) is 152 Å². The molecule has 0 spiro atoms. The average molecular weight is 545 g/mol. The molecule has 1 aromatic carbocycles. The number of benzene rings is 1. The number of aromatic amines is 2. The summed E-state index contributed by atoms with van der Waals surface area (Å²) in [5.41, 5.74) is 0.621. The number of hydrogen-bond donors (Lipinski definition) is 3. The maximum absolute atomic E-state index is 14.2. The van der Waals surface area contributed by atoms with Crippen molar-refractivity contribution in [3.05, 3.63) is 69.0 Å². The van der Waals surface area contributed by atoms with Gasteiger partial charge in [0.15, 0.2) is 11.1 Å². The fraction of sp³-hybridized carbons (Fsp3) is 0.304. The van der Waals surface area contributed by atoms with E-state index in [1.54, 1.807) is 16.8 Å². The van der Waals surface area contributed by atoms with Gasteiger partial charge in [-0.2, -0.15) is 13.9 Å². The first-order valence-electron chi connectivity index (χ1n) is 11.8. The van der Waals surface area contributed by atoms with Gasteiger partial charge in [0.2, 0.25) is 15.9 Å². The Morgan fingerprint density at radius 1 is 1.11 bits per heavy atom. The van der Waals surface area contributed by atoms with Gasteiger partial charge < -0.3 is 15.0 Å². The van der Waals surface area contributed by atoms with Gasteiger partial charge in [0.25, 0.3) is 0 Å². The summed E-state index contributed by atoms with van der Waals surface area (Å²) in [5.74, 6) is -1.76. The van der Waals surface area contributed by atoms with Crippen LogP contribution in [0.2, 0.25) is 0 Å². The number of nitrogens with zero attached hydrogens (tertiary/aromatic N) is 6. The van der Waals surface area contributed by atoms with Gasteiger partial charge in [-0.3, -0.25) is 9.98 Å². The van der Waals surface area contributed by atoms with Crippen molar-refractivity contribution in [2.45, 2.75) is 23.8 Å². The van der Waals surface area contributed by atoms with Crippen molar-refractivity contribution in [3.8, 4) is 5.88 Å². The van der Waals surface area contributed by atoms with E-state index in [1.165, 1.54) is 6.08 Å². The second kappa shape index (κ2) is 9.02. The number of H-pyrrole nitrogens is 2. The summed E-state index contributed by atoms with van der Waals surface area (Å²) >= 11 is 0. The molecular weight excluding hydrogens is 522 g/mol. The van der Waals surface area contributed by atoms with E-state index in [9.17, 15) is 27.1 Å². The third-order valence-corrected chi connectivity index (χ3v) is 8.37. The molecule has 2 aliphatic rings. The lowest BCUT2D eigenvalue weighted by Crippen LogP contribution is -2.49. The van der Waals surface area contributed by atoms with Crippen LogP contribution in [-0.4, -0.2) is 74.6 Å². The molecule has 1 saturated heterocycles. The van der Waals surface area contributed by atoms with Crippen LogP contribution in [0, 0.1) is 11.6 Å². The monoisotopic (exact) mass is 544 g/mol. The Morgan fingerprint density at radius 3 is 2.53 bits per heavy atom. The highest BCUT2D eigenvalue weighted by Crippen LogP contribution is 2.24. The van der Waals surface area contributed by atoms with Crippen molar-refractivity contribution < 1.29 is 22.3 Å². The third kappa shape index (κ3) is 4.43. The van der Waals surface area contributed by atoms with Gasteiger partial charge in [0, 0.05) is 43.5 Å². The van der Waals surface area contributed by atoms with Crippen molar-refractivity contribution in [3.63, 3.8) is 0 Å². The molecule has 12 nitrogen and oxygen atoms in total. The van der Waals surface area contributed by atoms with Gasteiger partial charge in [-0.15, -0.1) is 0 Å². The summed E-state index contributed by atoms with van der Waals surface area (Å²) in [5, 5.41) is 14.9. The molecule has 0 radical (unpaired) electrons. The highest BCUT2D eigenvalue weighted by Gasteiger charge is 2.31. The summed E-state index contributed by atoms with van der Waals surface area (Å²) in [6.07, 6.45) is 5.02. The van der Waals surface area contributed by atoms with E-state index in [0.717, 1.165) is 29.3 Å². The number of aromatic hydroxyl groups is 1. The van der Waals surface area contributed by atoms with Crippen molar-refractivity contribution in [2.24, 2.45) is 4.99 Å². The average Bonchev–Trinajstić information content (AvgIpc) is 3.51. The van der Waals surface area contributed by atoms with Crippen molar-refractivity contribution in [1.82, 2.24) is 28.9 Å². The van der Waals surface area contributed by atoms with E-state index in [-0.39, 0.29) is 43.8 Å². The number of imidazole rings is 1. The number of aromatic nitrogens is 5. The molecule has 0 atom stereocenters. The van der Waals surface area contributed by atoms with Gasteiger partial charge in [-0.05, 0) is 31.1 Å². The minimum Gasteiger partial charge on any atom is -0.493 e. The van der Waals surface area contributed by atoms with E-state index in [4.69, 9.17) is 9.98 Å². The maximum Gasteiger partial charge on any atom is 0.326 e. The predicted molar refractivity (Wildman–Crippen MR) is 131 cm³/mol. The van der Waals surface area contributed by atoms with E-state index < -0.39 is 32.2 Å². The minimum absolute atomic E-state index is 0.0673. The van der Waals surface area contributed by atoms with Crippen LogP contribution in [0.5, 0.6) is 5.88 Å². The Labute approximate surface area is 213 Å². The lowest BCUT2D eigenvalue weighted by molar-refractivity contribution is 0.381. The maximum atomic E-state index is 14.2. The van der Waals surface area contributed by atoms with E-state index in [1.807, 2.05) is 4.90 Å². The number of fused-ring (bicyclic) bond motifs is 1. The van der Waals surface area contributed by atoms with Crippen LogP contribution in [0.1, 0.15) is 18.5 Å². The first-order valence-corrected chi connectivity index (χ1v) is 13.3. The molecule has 3 aromatic heterocycles. The summed E-state index contributed by atoms with van der Waals surface area (Å²) in [6, 6.07) is 4.36. The number of nitrogens with one attached hydrogen (secondary N) is 2. The number of sulfonamides is 1. The number of piperazine rings is 1. The number of halogens is 2. The molecule has 1 aliphatic carbocycles. The van der Waals surface area contributed by atoms with E-state index >= 15 is 0 Å². The van der Waals surface area contributed by atoms with Gasteiger partial charge in [-0.1, -0.05) is 0 Å². The molecule has 1 saturated carbocycles. The molecule has 0 unspecified atom stereocenters. The molecule has 4 heterocycles. The van der Waals surface area contributed by atoms with Crippen LogP contribution in [0.15, 0.2) is 45.1 Å². The number of hydrogen-bond acceptors (Lipinski definition) is 8. The van der Waals surface area contributed by atoms with Crippen LogP contribution >= 0.6 is 0 Å². The van der Waals surface area contributed by atoms with Crippen LogP contribution in [0.25, 0.3) is 11.7 Å². The highest BCUT2D eigenvalue weighted by molar-refractivity contribution is 7.89. The molecular formula is C23H22F2N8O4S. The van der Waals surface area contributed by atoms with Crippen molar-refractivity contribution in [1.29, 1.82) is 0 Å². The van der Waals surface area contributed by atoms with Gasteiger partial charge in [-0.25, -0.2) is 27.0 Å². The Hall–Kier alpha value is -4.11. The highest BCUT2D eigenvalue weighted by atomic mass is 32.2. The molecule has 2 fully saturated rings. The van der Waals surface area contributed by atoms with Crippen LogP contribution in [0.4, 0.5) is 14.6 Å². The third-order valence-electron chi connectivity index (χ3n) is 6.44. The Morgan fingerprint density at radius 2 is 1.87 bits per heavy atom. The first-order chi connectivity index (χ1) is 18.2. The lowest BCUT2D eigenvalue weighted by atomic mass is 10.3. The molecule has 198 valence electrons. The summed E-state index contributed by atoms with van der Waals surface area (Å²) < 4.78 is 56.2. The number of rotatable bonds is 5. The normalized spacial score (nSPS) is 18.1. The predicted octanol–water partition coefficient (Wildman–Crippen LogP) is -0.149. The Bertz CT molecular complexity index is 1840. The molecule has 0 bridgehead atoms. The molecule has 6 rings (SSSR count). The fourth-order valence-corrected chi connectivity index (χ4v) is 5.79. The van der Waals surface area contributed by atoms with Crippen LogP contribution in [0.3, 0.4) is 0 Å². The smallest absolute Gasteiger partial charge is 0.326 e. The Kier molecular flexibility index (Phi) is 5.75. The zero-order valence-electron chi connectivity index (χ0n) is 19.8.